The number of ether oxygens (including phenoxy) is 1. The van der Waals surface area contributed by atoms with E-state index < -0.39 is 11.7 Å². The van der Waals surface area contributed by atoms with E-state index in [2.05, 4.69) is 10.6 Å². The molecule has 18 heavy (non-hydrogen) atoms. The van der Waals surface area contributed by atoms with E-state index in [0.717, 1.165) is 0 Å². The molecule has 1 fully saturated rings. The van der Waals surface area contributed by atoms with Crippen molar-refractivity contribution in [2.45, 2.75) is 6.04 Å². The highest BCUT2D eigenvalue weighted by molar-refractivity contribution is 5.96. The molecule has 0 aliphatic carbocycles. The van der Waals surface area contributed by atoms with E-state index in [1.807, 2.05) is 0 Å². The second-order valence-corrected chi connectivity index (χ2v) is 3.96. The molecule has 1 aromatic carbocycles. The topological polar surface area (TPSA) is 67.4 Å². The zero-order valence-electron chi connectivity index (χ0n) is 9.61. The van der Waals surface area contributed by atoms with Gasteiger partial charge < -0.3 is 15.4 Å². The van der Waals surface area contributed by atoms with Gasteiger partial charge in [0.1, 0.15) is 5.82 Å². The van der Waals surface area contributed by atoms with Gasteiger partial charge in [-0.05, 0) is 12.1 Å². The molecule has 6 heteroatoms. The Morgan fingerprint density at radius 3 is 2.67 bits per heavy atom. The molecule has 0 atom stereocenters. The van der Waals surface area contributed by atoms with Crippen molar-refractivity contribution in [3.8, 4) is 0 Å². The van der Waals surface area contributed by atoms with Crippen LogP contribution in [0.5, 0.6) is 0 Å². The molecule has 1 heterocycles. The van der Waals surface area contributed by atoms with E-state index in [0.29, 0.717) is 13.2 Å². The average Bonchev–Trinajstić information content (AvgIpc) is 2.31. The molecule has 1 saturated heterocycles. The third-order valence-corrected chi connectivity index (χ3v) is 2.53. The normalized spacial score (nSPS) is 14.7. The maximum absolute atomic E-state index is 13.3. The second kappa shape index (κ2) is 5.59. The van der Waals surface area contributed by atoms with Gasteiger partial charge in [-0.2, -0.15) is 0 Å². The lowest BCUT2D eigenvalue weighted by Gasteiger charge is -2.26. The lowest BCUT2D eigenvalue weighted by molar-refractivity contribution is -0.124. The first-order valence-electron chi connectivity index (χ1n) is 5.56. The summed E-state index contributed by atoms with van der Waals surface area (Å²) in [5.74, 6) is -1.52. The molecule has 2 amide bonds. The number of amides is 2. The first-order valence-corrected chi connectivity index (χ1v) is 5.56. The molecule has 2 N–H and O–H groups in total. The van der Waals surface area contributed by atoms with Crippen LogP contribution in [-0.4, -0.2) is 37.6 Å². The molecule has 1 aromatic rings. The largest absolute Gasteiger partial charge is 0.377 e. The third-order valence-electron chi connectivity index (χ3n) is 2.53. The van der Waals surface area contributed by atoms with Crippen molar-refractivity contribution >= 4 is 11.8 Å². The van der Waals surface area contributed by atoms with Crippen LogP contribution in [0, 0.1) is 5.82 Å². The highest BCUT2D eigenvalue weighted by Crippen LogP contribution is 2.05. The number of hydrogen-bond donors (Lipinski definition) is 2. The molecule has 0 saturated carbocycles. The summed E-state index contributed by atoms with van der Waals surface area (Å²) < 4.78 is 18.2. The Labute approximate surface area is 103 Å². The highest BCUT2D eigenvalue weighted by atomic mass is 19.1. The molecule has 0 bridgehead atoms. The van der Waals surface area contributed by atoms with Gasteiger partial charge in [0.2, 0.25) is 5.91 Å². The first kappa shape index (κ1) is 12.5. The number of rotatable bonds is 4. The van der Waals surface area contributed by atoms with Crippen molar-refractivity contribution in [1.82, 2.24) is 10.6 Å². The quantitative estimate of drug-likeness (QED) is 0.797. The van der Waals surface area contributed by atoms with Crippen LogP contribution in [0.3, 0.4) is 0 Å². The number of carbonyl (C=O) groups excluding carboxylic acids is 2. The Bertz CT molecular complexity index is 460. The predicted octanol–water partition coefficient (Wildman–Crippen LogP) is 0.0705. The van der Waals surface area contributed by atoms with Crippen LogP contribution in [0.2, 0.25) is 0 Å². The standard InChI is InChI=1S/C12H13FN2O3/c13-10-4-2-1-3-9(10)12(17)14-5-11(16)15-8-6-18-7-8/h1-4,8H,5-7H2,(H,14,17)(H,15,16). The maximum atomic E-state index is 13.3. The molecule has 0 aromatic heterocycles. The summed E-state index contributed by atoms with van der Waals surface area (Å²) in [5, 5.41) is 5.03. The molecular formula is C12H13FN2O3. The number of benzene rings is 1. The summed E-state index contributed by atoms with van der Waals surface area (Å²) in [6, 6.07) is 5.63. The minimum atomic E-state index is -0.609. The van der Waals surface area contributed by atoms with E-state index in [1.165, 1.54) is 18.2 Å². The molecular weight excluding hydrogens is 239 g/mol. The lowest BCUT2D eigenvalue weighted by atomic mass is 10.2. The van der Waals surface area contributed by atoms with E-state index in [1.54, 1.807) is 6.07 Å². The zero-order chi connectivity index (χ0) is 13.0. The van der Waals surface area contributed by atoms with Crippen molar-refractivity contribution in [2.24, 2.45) is 0 Å². The van der Waals surface area contributed by atoms with E-state index >= 15 is 0 Å². The van der Waals surface area contributed by atoms with E-state index in [4.69, 9.17) is 4.74 Å². The van der Waals surface area contributed by atoms with Gasteiger partial charge in [-0.15, -0.1) is 0 Å². The first-order chi connectivity index (χ1) is 8.66. The Balaban J connectivity index is 1.81. The number of carbonyl (C=O) groups is 2. The summed E-state index contributed by atoms with van der Waals surface area (Å²) in [6.07, 6.45) is 0. The van der Waals surface area contributed by atoms with Crippen molar-refractivity contribution < 1.29 is 18.7 Å². The highest BCUT2D eigenvalue weighted by Gasteiger charge is 2.20. The van der Waals surface area contributed by atoms with Crippen molar-refractivity contribution in [1.29, 1.82) is 0 Å². The molecule has 0 unspecified atom stereocenters. The Morgan fingerprint density at radius 2 is 2.06 bits per heavy atom. The minimum absolute atomic E-state index is 0.0165. The van der Waals surface area contributed by atoms with Crippen molar-refractivity contribution in [3.63, 3.8) is 0 Å². The fourth-order valence-corrected chi connectivity index (χ4v) is 1.50. The molecule has 1 aliphatic rings. The molecule has 2 rings (SSSR count). The maximum Gasteiger partial charge on any atom is 0.254 e. The Morgan fingerprint density at radius 1 is 1.33 bits per heavy atom. The van der Waals surface area contributed by atoms with Gasteiger partial charge in [0.25, 0.3) is 5.91 Å². The van der Waals surface area contributed by atoms with Gasteiger partial charge in [0.15, 0.2) is 0 Å². The summed E-state index contributed by atoms with van der Waals surface area (Å²) in [5.41, 5.74) is -0.0720. The number of halogens is 1. The minimum Gasteiger partial charge on any atom is -0.377 e. The molecule has 0 radical (unpaired) electrons. The van der Waals surface area contributed by atoms with Crippen LogP contribution in [0.4, 0.5) is 4.39 Å². The summed E-state index contributed by atoms with van der Waals surface area (Å²) in [6.45, 7) is 0.809. The van der Waals surface area contributed by atoms with Gasteiger partial charge in [-0.3, -0.25) is 9.59 Å². The van der Waals surface area contributed by atoms with Crippen molar-refractivity contribution in [2.75, 3.05) is 19.8 Å². The van der Waals surface area contributed by atoms with Crippen LogP contribution < -0.4 is 10.6 Å². The van der Waals surface area contributed by atoms with Gasteiger partial charge in [0.05, 0.1) is 31.4 Å². The van der Waals surface area contributed by atoms with Gasteiger partial charge >= 0.3 is 0 Å². The zero-order valence-corrected chi connectivity index (χ0v) is 9.61. The molecule has 96 valence electrons. The third kappa shape index (κ3) is 3.04. The lowest BCUT2D eigenvalue weighted by Crippen LogP contribution is -2.51. The molecule has 0 spiro atoms. The summed E-state index contributed by atoms with van der Waals surface area (Å²) >= 11 is 0. The van der Waals surface area contributed by atoms with E-state index in [-0.39, 0.29) is 24.1 Å². The molecule has 1 aliphatic heterocycles. The predicted molar refractivity (Wildman–Crippen MR) is 61.5 cm³/mol. The SMILES string of the molecule is O=C(CNC(=O)c1ccccc1F)NC1COC1. The summed E-state index contributed by atoms with van der Waals surface area (Å²) in [7, 11) is 0. The monoisotopic (exact) mass is 252 g/mol. The summed E-state index contributed by atoms with van der Waals surface area (Å²) in [4.78, 5) is 23.0. The van der Waals surface area contributed by atoms with Gasteiger partial charge in [0, 0.05) is 0 Å². The number of nitrogens with one attached hydrogen (secondary N) is 2. The van der Waals surface area contributed by atoms with Crippen molar-refractivity contribution in [3.05, 3.63) is 35.6 Å². The van der Waals surface area contributed by atoms with Crippen LogP contribution in [0.15, 0.2) is 24.3 Å². The Hall–Kier alpha value is -1.95. The van der Waals surface area contributed by atoms with Gasteiger partial charge in [-0.1, -0.05) is 12.1 Å². The smallest absolute Gasteiger partial charge is 0.254 e. The van der Waals surface area contributed by atoms with Gasteiger partial charge in [-0.25, -0.2) is 4.39 Å². The second-order valence-electron chi connectivity index (χ2n) is 3.96. The van der Waals surface area contributed by atoms with Crippen LogP contribution in [0.25, 0.3) is 0 Å². The average molecular weight is 252 g/mol. The van der Waals surface area contributed by atoms with Crippen LogP contribution >= 0.6 is 0 Å². The fraction of sp³-hybridized carbons (Fsp3) is 0.333. The fourth-order valence-electron chi connectivity index (χ4n) is 1.50. The number of hydrogen-bond acceptors (Lipinski definition) is 3. The van der Waals surface area contributed by atoms with Crippen LogP contribution in [0.1, 0.15) is 10.4 Å². The molecule has 5 nitrogen and oxygen atoms in total. The van der Waals surface area contributed by atoms with E-state index in [9.17, 15) is 14.0 Å². The Kier molecular flexibility index (Phi) is 3.88. The van der Waals surface area contributed by atoms with Crippen LogP contribution in [-0.2, 0) is 9.53 Å².